The lowest BCUT2D eigenvalue weighted by atomic mass is 10.1. The van der Waals surface area contributed by atoms with Crippen LogP contribution in [-0.2, 0) is 6.54 Å². The zero-order valence-electron chi connectivity index (χ0n) is 11.7. The molecule has 1 aliphatic rings. The highest BCUT2D eigenvalue weighted by atomic mass is 16.5. The van der Waals surface area contributed by atoms with Crippen molar-refractivity contribution in [1.29, 1.82) is 0 Å². The summed E-state index contributed by atoms with van der Waals surface area (Å²) in [5, 5.41) is 2.43. The second kappa shape index (κ2) is 7.19. The third-order valence-corrected chi connectivity index (χ3v) is 3.70. The fourth-order valence-electron chi connectivity index (χ4n) is 2.68. The van der Waals surface area contributed by atoms with Crippen LogP contribution in [0.25, 0.3) is 0 Å². The number of methoxy groups -OCH3 is 1. The number of hydrogen-bond acceptors (Lipinski definition) is 2. The lowest BCUT2D eigenvalue weighted by molar-refractivity contribution is -0.703. The molecule has 1 saturated carbocycles. The van der Waals surface area contributed by atoms with E-state index in [1.54, 1.807) is 13.2 Å². The quantitative estimate of drug-likeness (QED) is 0.765. The van der Waals surface area contributed by atoms with Crippen molar-refractivity contribution in [2.45, 2.75) is 38.3 Å². The van der Waals surface area contributed by atoms with Gasteiger partial charge in [-0.3, -0.25) is 0 Å². The van der Waals surface area contributed by atoms with Crippen molar-refractivity contribution in [2.75, 3.05) is 13.7 Å². The van der Waals surface area contributed by atoms with Crippen molar-refractivity contribution in [3.63, 3.8) is 0 Å². The molecule has 0 bridgehead atoms. The molecular formula is C16H24NO2+. The molecule has 0 saturated heterocycles. The van der Waals surface area contributed by atoms with E-state index in [-0.39, 0.29) is 0 Å². The van der Waals surface area contributed by atoms with Gasteiger partial charge in [0, 0.05) is 0 Å². The van der Waals surface area contributed by atoms with Crippen LogP contribution in [0.4, 0.5) is 0 Å². The standard InChI is InChI=1S/C16H23NO2/c1-3-11-19-16-13(7-6-10-15(16)18-2)12-17-14-8-4-5-9-14/h3,6-7,10,14,17H,1,4-5,8-9,11-12H2,2H3/p+1. The van der Waals surface area contributed by atoms with Crippen molar-refractivity contribution in [2.24, 2.45) is 0 Å². The summed E-state index contributed by atoms with van der Waals surface area (Å²) in [4.78, 5) is 0. The van der Waals surface area contributed by atoms with Crippen LogP contribution in [0.2, 0.25) is 0 Å². The molecule has 19 heavy (non-hydrogen) atoms. The van der Waals surface area contributed by atoms with Gasteiger partial charge in [0.1, 0.15) is 13.2 Å². The largest absolute Gasteiger partial charge is 0.493 e. The molecule has 0 heterocycles. The average molecular weight is 262 g/mol. The maximum Gasteiger partial charge on any atom is 0.170 e. The zero-order valence-corrected chi connectivity index (χ0v) is 11.7. The van der Waals surface area contributed by atoms with Gasteiger partial charge in [-0.15, -0.1) is 0 Å². The van der Waals surface area contributed by atoms with Gasteiger partial charge in [-0.2, -0.15) is 0 Å². The maximum atomic E-state index is 5.76. The summed E-state index contributed by atoms with van der Waals surface area (Å²) in [5.41, 5.74) is 1.20. The molecule has 2 rings (SSSR count). The molecule has 1 fully saturated rings. The number of quaternary nitrogens is 1. The van der Waals surface area contributed by atoms with Crippen molar-refractivity contribution in [3.8, 4) is 11.5 Å². The Kier molecular flexibility index (Phi) is 5.28. The molecule has 0 unspecified atom stereocenters. The molecule has 0 spiro atoms. The monoisotopic (exact) mass is 262 g/mol. The number of rotatable bonds is 7. The first-order chi connectivity index (χ1) is 9.35. The molecule has 0 amide bonds. The van der Waals surface area contributed by atoms with Gasteiger partial charge < -0.3 is 14.8 Å². The van der Waals surface area contributed by atoms with Gasteiger partial charge in [0.05, 0.1) is 18.7 Å². The van der Waals surface area contributed by atoms with Gasteiger partial charge >= 0.3 is 0 Å². The van der Waals surface area contributed by atoms with E-state index in [9.17, 15) is 0 Å². The lowest BCUT2D eigenvalue weighted by Gasteiger charge is -2.15. The normalized spacial score (nSPS) is 15.4. The summed E-state index contributed by atoms with van der Waals surface area (Å²) >= 11 is 0. The molecule has 0 aliphatic heterocycles. The second-order valence-corrected chi connectivity index (χ2v) is 5.03. The number of hydrogen-bond donors (Lipinski definition) is 1. The molecule has 0 aromatic heterocycles. The van der Waals surface area contributed by atoms with E-state index in [4.69, 9.17) is 9.47 Å². The van der Waals surface area contributed by atoms with Gasteiger partial charge in [0.15, 0.2) is 11.5 Å². The van der Waals surface area contributed by atoms with E-state index in [0.717, 1.165) is 24.1 Å². The predicted molar refractivity (Wildman–Crippen MR) is 76.6 cm³/mol. The highest BCUT2D eigenvalue weighted by Gasteiger charge is 2.19. The smallest absolute Gasteiger partial charge is 0.170 e. The third kappa shape index (κ3) is 3.74. The zero-order chi connectivity index (χ0) is 13.5. The Labute approximate surface area is 115 Å². The van der Waals surface area contributed by atoms with Crippen LogP contribution in [-0.4, -0.2) is 19.8 Å². The fraction of sp³-hybridized carbons (Fsp3) is 0.500. The average Bonchev–Trinajstić information content (AvgIpc) is 2.96. The lowest BCUT2D eigenvalue weighted by Crippen LogP contribution is -2.87. The van der Waals surface area contributed by atoms with Crippen LogP contribution >= 0.6 is 0 Å². The molecule has 2 N–H and O–H groups in total. The van der Waals surface area contributed by atoms with E-state index in [0.29, 0.717) is 6.61 Å². The second-order valence-electron chi connectivity index (χ2n) is 5.03. The van der Waals surface area contributed by atoms with Gasteiger partial charge in [-0.25, -0.2) is 0 Å². The number of para-hydroxylation sites is 1. The van der Waals surface area contributed by atoms with E-state index in [1.807, 2.05) is 12.1 Å². The molecule has 104 valence electrons. The molecule has 1 aromatic rings. The first-order valence-electron chi connectivity index (χ1n) is 7.08. The number of nitrogens with two attached hydrogens (primary N) is 1. The first kappa shape index (κ1) is 13.9. The van der Waals surface area contributed by atoms with Crippen molar-refractivity contribution >= 4 is 0 Å². The third-order valence-electron chi connectivity index (χ3n) is 3.70. The minimum absolute atomic E-state index is 0.511. The van der Waals surface area contributed by atoms with E-state index in [2.05, 4.69) is 18.0 Å². The van der Waals surface area contributed by atoms with Crippen molar-refractivity contribution < 1.29 is 14.8 Å². The van der Waals surface area contributed by atoms with Crippen LogP contribution in [0, 0.1) is 0 Å². The summed E-state index contributed by atoms with van der Waals surface area (Å²) in [6.45, 7) is 5.16. The molecule has 1 aliphatic carbocycles. The van der Waals surface area contributed by atoms with Crippen LogP contribution in [0.1, 0.15) is 31.2 Å². The van der Waals surface area contributed by atoms with Crippen molar-refractivity contribution in [1.82, 2.24) is 0 Å². The Morgan fingerprint density at radius 2 is 2.16 bits per heavy atom. The molecule has 3 heteroatoms. The SMILES string of the molecule is C=CCOc1c(C[NH2+]C2CCCC2)cccc1OC. The first-order valence-corrected chi connectivity index (χ1v) is 7.08. The maximum absolute atomic E-state index is 5.76. The molecule has 0 radical (unpaired) electrons. The minimum Gasteiger partial charge on any atom is -0.493 e. The fourth-order valence-corrected chi connectivity index (χ4v) is 2.68. The van der Waals surface area contributed by atoms with Crippen LogP contribution < -0.4 is 14.8 Å². The van der Waals surface area contributed by atoms with Crippen LogP contribution in [0.3, 0.4) is 0 Å². The van der Waals surface area contributed by atoms with Gasteiger partial charge in [-0.1, -0.05) is 18.7 Å². The topological polar surface area (TPSA) is 35.1 Å². The Balaban J connectivity index is 2.05. The van der Waals surface area contributed by atoms with E-state index < -0.39 is 0 Å². The van der Waals surface area contributed by atoms with Crippen LogP contribution in [0.5, 0.6) is 11.5 Å². The Morgan fingerprint density at radius 3 is 2.84 bits per heavy atom. The van der Waals surface area contributed by atoms with Gasteiger partial charge in [0.2, 0.25) is 0 Å². The number of benzene rings is 1. The van der Waals surface area contributed by atoms with E-state index >= 15 is 0 Å². The summed E-state index contributed by atoms with van der Waals surface area (Å²) in [5.74, 6) is 1.67. The Hall–Kier alpha value is -1.48. The Morgan fingerprint density at radius 1 is 1.37 bits per heavy atom. The van der Waals surface area contributed by atoms with Gasteiger partial charge in [0.25, 0.3) is 0 Å². The van der Waals surface area contributed by atoms with Gasteiger partial charge in [-0.05, 0) is 37.8 Å². The summed E-state index contributed by atoms with van der Waals surface area (Å²) in [6, 6.07) is 6.86. The summed E-state index contributed by atoms with van der Waals surface area (Å²) in [6.07, 6.45) is 7.19. The minimum atomic E-state index is 0.511. The molecular weight excluding hydrogens is 238 g/mol. The number of ether oxygens (including phenoxy) is 2. The highest BCUT2D eigenvalue weighted by Crippen LogP contribution is 2.30. The van der Waals surface area contributed by atoms with E-state index in [1.165, 1.54) is 31.2 Å². The predicted octanol–water partition coefficient (Wildman–Crippen LogP) is 2.27. The van der Waals surface area contributed by atoms with Crippen molar-refractivity contribution in [3.05, 3.63) is 36.4 Å². The highest BCUT2D eigenvalue weighted by molar-refractivity contribution is 5.46. The Bertz CT molecular complexity index is 411. The molecule has 0 atom stereocenters. The molecule has 3 nitrogen and oxygen atoms in total. The summed E-state index contributed by atoms with van der Waals surface area (Å²) in [7, 11) is 1.68. The molecule has 1 aromatic carbocycles. The van der Waals surface area contributed by atoms with Crippen LogP contribution in [0.15, 0.2) is 30.9 Å². The summed E-state index contributed by atoms with van der Waals surface area (Å²) < 4.78 is 11.1.